The molecule has 0 unspecified atom stereocenters. The fourth-order valence-electron chi connectivity index (χ4n) is 2.06. The van der Waals surface area contributed by atoms with E-state index < -0.39 is 0 Å². The van der Waals surface area contributed by atoms with Crippen LogP contribution in [-0.2, 0) is 0 Å². The van der Waals surface area contributed by atoms with Crippen molar-refractivity contribution in [1.29, 1.82) is 0 Å². The SMILES string of the molecule is [C-]#[N+]c1ccc2[nH]c(-c3cc(Br)ccc3O)cc2c1. The second-order valence-electron chi connectivity index (χ2n) is 4.23. The summed E-state index contributed by atoms with van der Waals surface area (Å²) in [6.07, 6.45) is 0. The maximum absolute atomic E-state index is 9.92. The lowest BCUT2D eigenvalue weighted by molar-refractivity contribution is 0.477. The van der Waals surface area contributed by atoms with E-state index in [0.717, 1.165) is 26.6 Å². The third-order valence-electron chi connectivity index (χ3n) is 2.98. The number of aromatic amines is 1. The predicted molar refractivity (Wildman–Crippen MR) is 79.4 cm³/mol. The lowest BCUT2D eigenvalue weighted by Crippen LogP contribution is -1.78. The van der Waals surface area contributed by atoms with E-state index in [9.17, 15) is 5.11 Å². The van der Waals surface area contributed by atoms with Gasteiger partial charge in [-0.05, 0) is 41.8 Å². The molecule has 0 fully saturated rings. The molecule has 0 aliphatic rings. The summed E-state index contributed by atoms with van der Waals surface area (Å²) in [5.41, 5.74) is 3.11. The molecule has 2 N–H and O–H groups in total. The molecule has 0 radical (unpaired) electrons. The second-order valence-corrected chi connectivity index (χ2v) is 5.14. The Morgan fingerprint density at radius 1 is 1.11 bits per heavy atom. The number of aromatic nitrogens is 1. The number of hydrogen-bond donors (Lipinski definition) is 2. The summed E-state index contributed by atoms with van der Waals surface area (Å²) in [4.78, 5) is 6.66. The van der Waals surface area contributed by atoms with Gasteiger partial charge in [0, 0.05) is 15.6 Å². The minimum Gasteiger partial charge on any atom is -0.507 e. The van der Waals surface area contributed by atoms with E-state index in [2.05, 4.69) is 25.8 Å². The van der Waals surface area contributed by atoms with Crippen molar-refractivity contribution in [1.82, 2.24) is 4.98 Å². The molecule has 3 nitrogen and oxygen atoms in total. The Kier molecular flexibility index (Phi) is 2.77. The molecule has 92 valence electrons. The number of H-pyrrole nitrogens is 1. The fourth-order valence-corrected chi connectivity index (χ4v) is 2.42. The summed E-state index contributed by atoms with van der Waals surface area (Å²) < 4.78 is 0.904. The minimum absolute atomic E-state index is 0.222. The first-order chi connectivity index (χ1) is 9.17. The van der Waals surface area contributed by atoms with Crippen LogP contribution in [0.25, 0.3) is 27.0 Å². The van der Waals surface area contributed by atoms with Gasteiger partial charge in [-0.25, -0.2) is 4.85 Å². The monoisotopic (exact) mass is 312 g/mol. The van der Waals surface area contributed by atoms with Gasteiger partial charge in [-0.3, -0.25) is 0 Å². The van der Waals surface area contributed by atoms with Gasteiger partial charge in [0.2, 0.25) is 0 Å². The highest BCUT2D eigenvalue weighted by atomic mass is 79.9. The molecule has 3 rings (SSSR count). The molecule has 0 spiro atoms. The quantitative estimate of drug-likeness (QED) is 0.619. The molecule has 0 amide bonds. The number of phenols is 1. The summed E-state index contributed by atoms with van der Waals surface area (Å²) >= 11 is 3.40. The number of fused-ring (bicyclic) bond motifs is 1. The highest BCUT2D eigenvalue weighted by molar-refractivity contribution is 9.10. The van der Waals surface area contributed by atoms with Crippen LogP contribution in [0.1, 0.15) is 0 Å². The molecule has 1 aromatic heterocycles. The van der Waals surface area contributed by atoms with Gasteiger partial charge in [0.05, 0.1) is 12.3 Å². The molecule has 0 saturated heterocycles. The lowest BCUT2D eigenvalue weighted by atomic mass is 10.1. The molecule has 19 heavy (non-hydrogen) atoms. The van der Waals surface area contributed by atoms with Crippen molar-refractivity contribution in [2.45, 2.75) is 0 Å². The Hall–Kier alpha value is -2.25. The summed E-state index contributed by atoms with van der Waals surface area (Å²) in [6, 6.07) is 12.7. The Bertz CT molecular complexity index is 815. The summed E-state index contributed by atoms with van der Waals surface area (Å²) in [5.74, 6) is 0.222. The van der Waals surface area contributed by atoms with Crippen LogP contribution in [0, 0.1) is 6.57 Å². The number of rotatable bonds is 1. The molecule has 0 saturated carbocycles. The number of benzene rings is 2. The van der Waals surface area contributed by atoms with Crippen LogP contribution in [0.15, 0.2) is 46.9 Å². The molecule has 4 heteroatoms. The van der Waals surface area contributed by atoms with Crippen LogP contribution < -0.4 is 0 Å². The zero-order chi connectivity index (χ0) is 13.4. The van der Waals surface area contributed by atoms with E-state index in [1.54, 1.807) is 18.2 Å². The largest absolute Gasteiger partial charge is 0.507 e. The maximum Gasteiger partial charge on any atom is 0.187 e. The Morgan fingerprint density at radius 3 is 2.74 bits per heavy atom. The van der Waals surface area contributed by atoms with Gasteiger partial charge in [-0.1, -0.05) is 22.0 Å². The van der Waals surface area contributed by atoms with Crippen LogP contribution >= 0.6 is 15.9 Å². The molecule has 3 aromatic rings. The van der Waals surface area contributed by atoms with Crippen LogP contribution in [0.3, 0.4) is 0 Å². The Balaban J connectivity index is 2.21. The van der Waals surface area contributed by atoms with Crippen molar-refractivity contribution in [2.24, 2.45) is 0 Å². The van der Waals surface area contributed by atoms with Crippen LogP contribution in [0.2, 0.25) is 0 Å². The van der Waals surface area contributed by atoms with Crippen molar-refractivity contribution < 1.29 is 5.11 Å². The minimum atomic E-state index is 0.222. The average Bonchev–Trinajstić information content (AvgIpc) is 2.83. The van der Waals surface area contributed by atoms with Crippen LogP contribution in [0.5, 0.6) is 5.75 Å². The first-order valence-corrected chi connectivity index (χ1v) is 6.46. The van der Waals surface area contributed by atoms with Gasteiger partial charge in [0.25, 0.3) is 0 Å². The van der Waals surface area contributed by atoms with Gasteiger partial charge in [-0.15, -0.1) is 0 Å². The normalized spacial score (nSPS) is 10.5. The molecule has 0 aliphatic heterocycles. The Morgan fingerprint density at radius 2 is 1.95 bits per heavy atom. The van der Waals surface area contributed by atoms with Crippen LogP contribution in [0.4, 0.5) is 5.69 Å². The molecule has 0 aliphatic carbocycles. The topological polar surface area (TPSA) is 40.4 Å². The molecule has 0 bridgehead atoms. The molecule has 2 aromatic carbocycles. The van der Waals surface area contributed by atoms with Gasteiger partial charge < -0.3 is 10.1 Å². The molecule has 0 atom stereocenters. The van der Waals surface area contributed by atoms with E-state index in [1.807, 2.05) is 24.3 Å². The lowest BCUT2D eigenvalue weighted by Gasteiger charge is -2.02. The number of phenolic OH excluding ortho intramolecular Hbond substituents is 1. The van der Waals surface area contributed by atoms with Crippen LogP contribution in [-0.4, -0.2) is 10.1 Å². The van der Waals surface area contributed by atoms with E-state index >= 15 is 0 Å². The number of nitrogens with one attached hydrogen (secondary N) is 1. The van der Waals surface area contributed by atoms with Gasteiger partial charge in [-0.2, -0.15) is 0 Å². The summed E-state index contributed by atoms with van der Waals surface area (Å²) in [6.45, 7) is 7.02. The first-order valence-electron chi connectivity index (χ1n) is 5.66. The van der Waals surface area contributed by atoms with Gasteiger partial charge in [0.15, 0.2) is 5.69 Å². The molecule has 1 heterocycles. The van der Waals surface area contributed by atoms with Crippen molar-refractivity contribution in [3.05, 3.63) is 58.4 Å². The molecular weight excluding hydrogens is 304 g/mol. The number of hydrogen-bond acceptors (Lipinski definition) is 1. The van der Waals surface area contributed by atoms with E-state index in [1.165, 1.54) is 0 Å². The van der Waals surface area contributed by atoms with Crippen molar-refractivity contribution in [3.8, 4) is 17.0 Å². The van der Waals surface area contributed by atoms with E-state index in [0.29, 0.717) is 5.69 Å². The molecular formula is C15H9BrN2O. The average molecular weight is 313 g/mol. The van der Waals surface area contributed by atoms with Crippen molar-refractivity contribution >= 4 is 32.5 Å². The number of halogens is 1. The second kappa shape index (κ2) is 4.45. The Labute approximate surface area is 118 Å². The zero-order valence-electron chi connectivity index (χ0n) is 9.81. The van der Waals surface area contributed by atoms with E-state index in [4.69, 9.17) is 6.57 Å². The van der Waals surface area contributed by atoms with Crippen molar-refractivity contribution in [2.75, 3.05) is 0 Å². The number of nitrogens with zero attached hydrogens (tertiary/aromatic N) is 1. The summed E-state index contributed by atoms with van der Waals surface area (Å²) in [7, 11) is 0. The van der Waals surface area contributed by atoms with Gasteiger partial charge >= 0.3 is 0 Å². The third kappa shape index (κ3) is 2.09. The smallest absolute Gasteiger partial charge is 0.187 e. The maximum atomic E-state index is 9.92. The number of aromatic hydroxyl groups is 1. The standard InChI is InChI=1S/C15H9BrN2O/c1-17-11-3-4-13-9(6-11)7-14(18-13)12-8-10(16)2-5-15(12)19/h2-8,18-19H. The van der Waals surface area contributed by atoms with Crippen molar-refractivity contribution in [3.63, 3.8) is 0 Å². The summed E-state index contributed by atoms with van der Waals surface area (Å²) in [5, 5.41) is 10.9. The first kappa shape index (κ1) is 11.8. The van der Waals surface area contributed by atoms with E-state index in [-0.39, 0.29) is 5.75 Å². The highest BCUT2D eigenvalue weighted by Gasteiger charge is 2.08. The highest BCUT2D eigenvalue weighted by Crippen LogP contribution is 2.34. The zero-order valence-corrected chi connectivity index (χ0v) is 11.4. The van der Waals surface area contributed by atoms with Gasteiger partial charge in [0.1, 0.15) is 5.75 Å². The fraction of sp³-hybridized carbons (Fsp3) is 0. The predicted octanol–water partition coefficient (Wildman–Crippen LogP) is 4.85. The third-order valence-corrected chi connectivity index (χ3v) is 3.48.